The predicted molar refractivity (Wildman–Crippen MR) is 77.2 cm³/mol. The Morgan fingerprint density at radius 3 is 2.68 bits per heavy atom. The fraction of sp³-hybridized carbons (Fsp3) is 0.231. The van der Waals surface area contributed by atoms with Crippen molar-refractivity contribution >= 4 is 34.0 Å². The van der Waals surface area contributed by atoms with Gasteiger partial charge in [0.2, 0.25) is 0 Å². The molecule has 0 atom stereocenters. The molecule has 1 aromatic heterocycles. The molecule has 1 aromatic carbocycles. The molecule has 0 bridgehead atoms. The van der Waals surface area contributed by atoms with Crippen molar-refractivity contribution < 1.29 is 9.53 Å². The maximum atomic E-state index is 11.9. The van der Waals surface area contributed by atoms with E-state index in [-0.39, 0.29) is 12.5 Å². The van der Waals surface area contributed by atoms with Crippen molar-refractivity contribution in [1.82, 2.24) is 4.98 Å². The Balaban J connectivity index is 1.92. The van der Waals surface area contributed by atoms with Crippen LogP contribution in [0.5, 0.6) is 5.75 Å². The highest BCUT2D eigenvalue weighted by Gasteiger charge is 2.14. The number of thiazole rings is 1. The first kappa shape index (κ1) is 13.8. The topological polar surface area (TPSA) is 42.4 Å². The molecule has 0 fully saturated rings. The van der Waals surface area contributed by atoms with Gasteiger partial charge in [-0.15, -0.1) is 11.3 Å². The maximum Gasteiger partial charge on any atom is 0.266 e. The van der Waals surface area contributed by atoms with Crippen molar-refractivity contribution in [3.05, 3.63) is 40.4 Å². The lowest BCUT2D eigenvalue weighted by molar-refractivity contribution is -0.120. The number of aromatic nitrogens is 1. The number of hydrogen-bond acceptors (Lipinski definition) is 4. The van der Waals surface area contributed by atoms with E-state index in [1.54, 1.807) is 31.3 Å². The molecule has 0 aliphatic rings. The van der Waals surface area contributed by atoms with Crippen molar-refractivity contribution in [2.24, 2.45) is 0 Å². The molecular weight excluding hydrogens is 284 g/mol. The lowest BCUT2D eigenvalue weighted by Crippen LogP contribution is -2.31. The van der Waals surface area contributed by atoms with Gasteiger partial charge in [-0.3, -0.25) is 9.69 Å². The van der Waals surface area contributed by atoms with Crippen molar-refractivity contribution in [1.29, 1.82) is 0 Å². The average molecular weight is 297 g/mol. The van der Waals surface area contributed by atoms with E-state index in [1.807, 2.05) is 12.3 Å². The minimum absolute atomic E-state index is 0.0310. The highest BCUT2D eigenvalue weighted by molar-refractivity contribution is 7.14. The molecule has 100 valence electrons. The van der Waals surface area contributed by atoms with Crippen molar-refractivity contribution in [3.63, 3.8) is 0 Å². The number of anilines is 1. The maximum absolute atomic E-state index is 11.9. The minimum Gasteiger partial charge on any atom is -0.484 e. The summed E-state index contributed by atoms with van der Waals surface area (Å²) in [6.45, 7) is 1.86. The van der Waals surface area contributed by atoms with Gasteiger partial charge in [-0.25, -0.2) is 4.98 Å². The van der Waals surface area contributed by atoms with E-state index < -0.39 is 0 Å². The first-order chi connectivity index (χ1) is 9.06. The van der Waals surface area contributed by atoms with E-state index in [4.69, 9.17) is 16.3 Å². The van der Waals surface area contributed by atoms with Crippen LogP contribution in [0.4, 0.5) is 5.13 Å². The average Bonchev–Trinajstić information content (AvgIpc) is 2.83. The van der Waals surface area contributed by atoms with E-state index in [9.17, 15) is 4.79 Å². The smallest absolute Gasteiger partial charge is 0.266 e. The van der Waals surface area contributed by atoms with Gasteiger partial charge in [-0.2, -0.15) is 0 Å². The molecule has 0 aliphatic carbocycles. The Morgan fingerprint density at radius 2 is 2.11 bits per heavy atom. The number of likely N-dealkylation sites (N-methyl/N-ethyl adjacent to an activating group) is 1. The van der Waals surface area contributed by atoms with Crippen molar-refractivity contribution in [3.8, 4) is 5.75 Å². The summed E-state index contributed by atoms with van der Waals surface area (Å²) in [5.74, 6) is 0.464. The molecule has 0 saturated heterocycles. The van der Waals surface area contributed by atoms with Gasteiger partial charge < -0.3 is 4.74 Å². The lowest BCUT2D eigenvalue weighted by atomic mass is 10.3. The fourth-order valence-electron chi connectivity index (χ4n) is 1.38. The summed E-state index contributed by atoms with van der Waals surface area (Å²) >= 11 is 7.20. The van der Waals surface area contributed by atoms with Crippen molar-refractivity contribution in [2.75, 3.05) is 18.6 Å². The Morgan fingerprint density at radius 1 is 1.42 bits per heavy atom. The van der Waals surface area contributed by atoms with E-state index in [1.165, 1.54) is 16.2 Å². The zero-order valence-corrected chi connectivity index (χ0v) is 12.2. The van der Waals surface area contributed by atoms with E-state index >= 15 is 0 Å². The minimum atomic E-state index is -0.149. The molecule has 0 unspecified atom stereocenters. The summed E-state index contributed by atoms with van der Waals surface area (Å²) in [7, 11) is 1.69. The predicted octanol–water partition coefficient (Wildman–Crippen LogP) is 3.15. The van der Waals surface area contributed by atoms with Crippen LogP contribution in [0.25, 0.3) is 0 Å². The first-order valence-electron chi connectivity index (χ1n) is 5.63. The summed E-state index contributed by atoms with van der Waals surface area (Å²) in [6, 6.07) is 6.89. The van der Waals surface area contributed by atoms with Crippen molar-refractivity contribution in [2.45, 2.75) is 6.92 Å². The number of rotatable bonds is 4. The van der Waals surface area contributed by atoms with Crippen LogP contribution in [0.1, 0.15) is 5.69 Å². The molecule has 2 aromatic rings. The quantitative estimate of drug-likeness (QED) is 0.870. The summed E-state index contributed by atoms with van der Waals surface area (Å²) < 4.78 is 5.40. The van der Waals surface area contributed by atoms with E-state index in [2.05, 4.69) is 4.98 Å². The van der Waals surface area contributed by atoms with Gasteiger partial charge >= 0.3 is 0 Å². The normalized spacial score (nSPS) is 10.3. The highest BCUT2D eigenvalue weighted by Crippen LogP contribution is 2.19. The number of carbonyl (C=O) groups is 1. The molecule has 19 heavy (non-hydrogen) atoms. The third-order valence-electron chi connectivity index (χ3n) is 2.44. The van der Waals surface area contributed by atoms with Crippen LogP contribution in [0.15, 0.2) is 29.6 Å². The molecule has 6 heteroatoms. The van der Waals surface area contributed by atoms with Gasteiger partial charge in [-0.05, 0) is 31.2 Å². The summed E-state index contributed by atoms with van der Waals surface area (Å²) in [6.07, 6.45) is 0. The zero-order valence-electron chi connectivity index (χ0n) is 10.6. The summed E-state index contributed by atoms with van der Waals surface area (Å²) in [5, 5.41) is 3.20. The second-order valence-electron chi connectivity index (χ2n) is 3.97. The van der Waals surface area contributed by atoms with Crippen LogP contribution in [0, 0.1) is 6.92 Å². The summed E-state index contributed by atoms with van der Waals surface area (Å²) in [4.78, 5) is 17.7. The number of ether oxygens (including phenoxy) is 1. The molecule has 0 N–H and O–H groups in total. The fourth-order valence-corrected chi connectivity index (χ4v) is 2.29. The SMILES string of the molecule is Cc1csc(N(C)C(=O)COc2ccc(Cl)cc2)n1. The zero-order chi connectivity index (χ0) is 13.8. The number of aryl methyl sites for hydroxylation is 1. The van der Waals surface area contributed by atoms with Crippen LogP contribution >= 0.6 is 22.9 Å². The first-order valence-corrected chi connectivity index (χ1v) is 6.89. The van der Waals surface area contributed by atoms with Gasteiger partial charge in [0.1, 0.15) is 5.75 Å². The molecule has 0 spiro atoms. The molecule has 0 saturated carbocycles. The largest absolute Gasteiger partial charge is 0.484 e. The Hall–Kier alpha value is -1.59. The third kappa shape index (κ3) is 3.68. The molecular formula is C13H13ClN2O2S. The Labute approximate surface area is 120 Å². The number of benzene rings is 1. The van der Waals surface area contributed by atoms with E-state index in [0.29, 0.717) is 15.9 Å². The van der Waals surface area contributed by atoms with Gasteiger partial charge in [0.25, 0.3) is 5.91 Å². The molecule has 0 radical (unpaired) electrons. The number of amides is 1. The Kier molecular flexibility index (Phi) is 4.39. The molecule has 2 rings (SSSR count). The molecule has 1 heterocycles. The highest BCUT2D eigenvalue weighted by atomic mass is 35.5. The van der Waals surface area contributed by atoms with Gasteiger partial charge in [0.15, 0.2) is 11.7 Å². The summed E-state index contributed by atoms with van der Waals surface area (Å²) in [5.41, 5.74) is 0.901. The van der Waals surface area contributed by atoms with Gasteiger partial charge in [-0.1, -0.05) is 11.6 Å². The number of halogens is 1. The van der Waals surface area contributed by atoms with Gasteiger partial charge in [0, 0.05) is 17.5 Å². The number of carbonyl (C=O) groups excluding carboxylic acids is 1. The van der Waals surface area contributed by atoms with Crippen LogP contribution in [0.2, 0.25) is 5.02 Å². The van der Waals surface area contributed by atoms with Gasteiger partial charge in [0.05, 0.1) is 5.69 Å². The van der Waals surface area contributed by atoms with Crippen LogP contribution in [-0.4, -0.2) is 24.5 Å². The Bertz CT molecular complexity index is 568. The van der Waals surface area contributed by atoms with Crippen LogP contribution in [0.3, 0.4) is 0 Å². The monoisotopic (exact) mass is 296 g/mol. The standard InChI is InChI=1S/C13H13ClN2O2S/c1-9-8-19-13(15-9)16(2)12(17)7-18-11-5-3-10(14)4-6-11/h3-6,8H,7H2,1-2H3. The molecule has 4 nitrogen and oxygen atoms in total. The lowest BCUT2D eigenvalue weighted by Gasteiger charge is -2.14. The second kappa shape index (κ2) is 6.04. The third-order valence-corrected chi connectivity index (χ3v) is 3.73. The van der Waals surface area contributed by atoms with Crippen LogP contribution < -0.4 is 9.64 Å². The number of hydrogen-bond donors (Lipinski definition) is 0. The second-order valence-corrected chi connectivity index (χ2v) is 5.24. The van der Waals surface area contributed by atoms with Crippen LogP contribution in [-0.2, 0) is 4.79 Å². The number of nitrogens with zero attached hydrogens (tertiary/aromatic N) is 2. The molecule has 1 amide bonds. The van der Waals surface area contributed by atoms with E-state index in [0.717, 1.165) is 5.69 Å². The molecule has 0 aliphatic heterocycles.